The van der Waals surface area contributed by atoms with Crippen molar-refractivity contribution in [3.05, 3.63) is 70.5 Å². The van der Waals surface area contributed by atoms with Gasteiger partial charge in [-0.05, 0) is 42.2 Å². The molecule has 2 N–H and O–H groups in total. The minimum absolute atomic E-state index is 0.00413. The van der Waals surface area contributed by atoms with Gasteiger partial charge in [0.05, 0.1) is 0 Å². The van der Waals surface area contributed by atoms with Crippen LogP contribution in [0.5, 0.6) is 0 Å². The number of nitrogens with one attached hydrogen (secondary N) is 1. The molecule has 0 spiro atoms. The monoisotopic (exact) mass is 335 g/mol. The molecule has 3 nitrogen and oxygen atoms in total. The number of hydrogen-bond donors (Lipinski definition) is 2. The zero-order valence-electron chi connectivity index (χ0n) is 12.6. The topological polar surface area (TPSA) is 49.3 Å². The summed E-state index contributed by atoms with van der Waals surface area (Å²) >= 11 is 5.85. The van der Waals surface area contributed by atoms with Crippen molar-refractivity contribution in [1.29, 1.82) is 0 Å². The Morgan fingerprint density at radius 2 is 1.91 bits per heavy atom. The molecule has 0 aromatic heterocycles. The van der Waals surface area contributed by atoms with Gasteiger partial charge in [-0.25, -0.2) is 4.39 Å². The van der Waals surface area contributed by atoms with Crippen LogP contribution in [0.1, 0.15) is 24.0 Å². The van der Waals surface area contributed by atoms with Crippen molar-refractivity contribution in [1.82, 2.24) is 5.32 Å². The predicted molar refractivity (Wildman–Crippen MR) is 89.1 cm³/mol. The predicted octanol–water partition coefficient (Wildman–Crippen LogP) is 4.04. The molecule has 0 aliphatic heterocycles. The van der Waals surface area contributed by atoms with Crippen LogP contribution in [-0.4, -0.2) is 17.1 Å². The maximum atomic E-state index is 13.4. The molecule has 2 aromatic carbocycles. The molecule has 0 bridgehead atoms. The summed E-state index contributed by atoms with van der Waals surface area (Å²) in [6.07, 6.45) is 1.32. The number of benzene rings is 2. The molecule has 0 aliphatic rings. The van der Waals surface area contributed by atoms with Crippen LogP contribution in [0.25, 0.3) is 0 Å². The van der Waals surface area contributed by atoms with E-state index >= 15 is 0 Å². The van der Waals surface area contributed by atoms with Gasteiger partial charge in [-0.1, -0.05) is 41.9 Å². The second-order valence-electron chi connectivity index (χ2n) is 5.48. The lowest BCUT2D eigenvalue weighted by atomic mass is 10.0. The highest BCUT2D eigenvalue weighted by atomic mass is 35.5. The van der Waals surface area contributed by atoms with Crippen LogP contribution in [0.3, 0.4) is 0 Å². The van der Waals surface area contributed by atoms with Crippen molar-refractivity contribution in [2.75, 3.05) is 0 Å². The number of carboxylic acid groups (broad SMARTS) is 1. The lowest BCUT2D eigenvalue weighted by Crippen LogP contribution is -2.31. The summed E-state index contributed by atoms with van der Waals surface area (Å²) in [5.41, 5.74) is 1.87. The Kier molecular flexibility index (Phi) is 6.56. The number of carboxylic acids is 1. The third-order valence-electron chi connectivity index (χ3n) is 3.55. The second kappa shape index (κ2) is 8.65. The summed E-state index contributed by atoms with van der Waals surface area (Å²) in [7, 11) is 0. The Morgan fingerprint density at radius 3 is 2.57 bits per heavy atom. The SMILES string of the molecule is O=C(O)CCC(Cc1ccccc1)NCc1cc(F)cc(Cl)c1. The largest absolute Gasteiger partial charge is 0.481 e. The fourth-order valence-corrected chi connectivity index (χ4v) is 2.69. The smallest absolute Gasteiger partial charge is 0.303 e. The van der Waals surface area contributed by atoms with E-state index in [4.69, 9.17) is 16.7 Å². The van der Waals surface area contributed by atoms with E-state index in [1.54, 1.807) is 6.07 Å². The zero-order chi connectivity index (χ0) is 16.7. The maximum absolute atomic E-state index is 13.4. The Bertz CT molecular complexity index is 628. The summed E-state index contributed by atoms with van der Waals surface area (Å²) < 4.78 is 13.4. The third kappa shape index (κ3) is 6.38. The van der Waals surface area contributed by atoms with Crippen molar-refractivity contribution in [2.45, 2.75) is 31.8 Å². The highest BCUT2D eigenvalue weighted by Gasteiger charge is 2.12. The minimum atomic E-state index is -0.821. The molecular formula is C18H19ClFNO2. The summed E-state index contributed by atoms with van der Waals surface area (Å²) in [6, 6.07) is 14.3. The Hall–Kier alpha value is -1.91. The van der Waals surface area contributed by atoms with Crippen LogP contribution < -0.4 is 5.32 Å². The zero-order valence-corrected chi connectivity index (χ0v) is 13.4. The quantitative estimate of drug-likeness (QED) is 0.765. The van der Waals surface area contributed by atoms with Crippen LogP contribution in [-0.2, 0) is 17.8 Å². The fourth-order valence-electron chi connectivity index (χ4n) is 2.45. The molecular weight excluding hydrogens is 317 g/mol. The first kappa shape index (κ1) is 17.4. The first-order valence-electron chi connectivity index (χ1n) is 7.47. The van der Waals surface area contributed by atoms with Gasteiger partial charge < -0.3 is 10.4 Å². The number of hydrogen-bond acceptors (Lipinski definition) is 2. The molecule has 1 atom stereocenters. The van der Waals surface area contributed by atoms with Gasteiger partial charge in [-0.3, -0.25) is 4.79 Å². The van der Waals surface area contributed by atoms with Gasteiger partial charge in [-0.2, -0.15) is 0 Å². The Morgan fingerprint density at radius 1 is 1.17 bits per heavy atom. The van der Waals surface area contributed by atoms with Crippen LogP contribution >= 0.6 is 11.6 Å². The van der Waals surface area contributed by atoms with Crippen LogP contribution in [0.4, 0.5) is 4.39 Å². The molecule has 5 heteroatoms. The highest BCUT2D eigenvalue weighted by Crippen LogP contribution is 2.15. The van der Waals surface area contributed by atoms with Crippen molar-refractivity contribution in [3.8, 4) is 0 Å². The van der Waals surface area contributed by atoms with E-state index in [1.807, 2.05) is 30.3 Å². The van der Waals surface area contributed by atoms with Crippen molar-refractivity contribution >= 4 is 17.6 Å². The average Bonchev–Trinajstić information content (AvgIpc) is 2.50. The first-order valence-corrected chi connectivity index (χ1v) is 7.85. The third-order valence-corrected chi connectivity index (χ3v) is 3.77. The number of rotatable bonds is 8. The van der Waals surface area contributed by atoms with Gasteiger partial charge in [0.25, 0.3) is 0 Å². The van der Waals surface area contributed by atoms with Crippen LogP contribution in [0.15, 0.2) is 48.5 Å². The lowest BCUT2D eigenvalue weighted by Gasteiger charge is -2.18. The van der Waals surface area contributed by atoms with Gasteiger partial charge in [0, 0.05) is 24.0 Å². The first-order chi connectivity index (χ1) is 11.0. The van der Waals surface area contributed by atoms with Gasteiger partial charge in [-0.15, -0.1) is 0 Å². The molecule has 122 valence electrons. The van der Waals surface area contributed by atoms with Crippen LogP contribution in [0, 0.1) is 5.82 Å². The molecule has 1 unspecified atom stereocenters. The highest BCUT2D eigenvalue weighted by molar-refractivity contribution is 6.30. The summed E-state index contributed by atoms with van der Waals surface area (Å²) in [4.78, 5) is 10.8. The van der Waals surface area contributed by atoms with Gasteiger partial charge in [0.15, 0.2) is 0 Å². The minimum Gasteiger partial charge on any atom is -0.481 e. The van der Waals surface area contributed by atoms with Gasteiger partial charge in [0.2, 0.25) is 0 Å². The molecule has 2 aromatic rings. The van der Waals surface area contributed by atoms with Crippen molar-refractivity contribution in [3.63, 3.8) is 0 Å². The van der Waals surface area contributed by atoms with E-state index in [9.17, 15) is 9.18 Å². The second-order valence-corrected chi connectivity index (χ2v) is 5.91. The molecule has 0 fully saturated rings. The molecule has 0 saturated heterocycles. The number of carbonyl (C=O) groups is 1. The normalized spacial score (nSPS) is 12.1. The molecule has 2 rings (SSSR count). The Balaban J connectivity index is 1.99. The van der Waals surface area contributed by atoms with Crippen molar-refractivity contribution in [2.24, 2.45) is 0 Å². The van der Waals surface area contributed by atoms with Gasteiger partial charge in [0.1, 0.15) is 5.82 Å². The van der Waals surface area contributed by atoms with E-state index in [2.05, 4.69) is 5.32 Å². The van der Waals surface area contributed by atoms with Crippen molar-refractivity contribution < 1.29 is 14.3 Å². The van der Waals surface area contributed by atoms with E-state index in [0.717, 1.165) is 17.5 Å². The van der Waals surface area contributed by atoms with E-state index in [1.165, 1.54) is 12.1 Å². The molecule has 0 radical (unpaired) electrons. The molecule has 0 amide bonds. The van der Waals surface area contributed by atoms with E-state index in [-0.39, 0.29) is 18.3 Å². The van der Waals surface area contributed by atoms with E-state index in [0.29, 0.717) is 18.0 Å². The number of halogens is 2. The fraction of sp³-hybridized carbons (Fsp3) is 0.278. The molecule has 0 aliphatic carbocycles. The van der Waals surface area contributed by atoms with Gasteiger partial charge >= 0.3 is 5.97 Å². The molecule has 0 heterocycles. The lowest BCUT2D eigenvalue weighted by molar-refractivity contribution is -0.137. The van der Waals surface area contributed by atoms with E-state index < -0.39 is 5.97 Å². The summed E-state index contributed by atoms with van der Waals surface area (Å²) in [5.74, 6) is -1.20. The Labute approximate surface area is 140 Å². The molecule has 23 heavy (non-hydrogen) atoms. The summed E-state index contributed by atoms with van der Waals surface area (Å²) in [6.45, 7) is 0.439. The molecule has 0 saturated carbocycles. The maximum Gasteiger partial charge on any atom is 0.303 e. The average molecular weight is 336 g/mol. The number of aliphatic carboxylic acids is 1. The summed E-state index contributed by atoms with van der Waals surface area (Å²) in [5, 5.41) is 12.6. The standard InChI is InChI=1S/C18H19ClFNO2/c19-15-8-14(9-16(20)11-15)12-21-17(6-7-18(22)23)10-13-4-2-1-3-5-13/h1-5,8-9,11,17,21H,6-7,10,12H2,(H,22,23). The van der Waals surface area contributed by atoms with Crippen LogP contribution in [0.2, 0.25) is 5.02 Å².